The second kappa shape index (κ2) is 3.24. The van der Waals surface area contributed by atoms with E-state index < -0.39 is 28.6 Å². The van der Waals surface area contributed by atoms with Gasteiger partial charge in [0.15, 0.2) is 0 Å². The quantitative estimate of drug-likeness (QED) is 0.427. The average Bonchev–Trinajstić information content (AvgIpc) is 1.56. The molecule has 0 rings (SSSR count). The summed E-state index contributed by atoms with van der Waals surface area (Å²) in [5.41, 5.74) is -1.71. The zero-order chi connectivity index (χ0) is 9.28. The molecule has 0 aromatic carbocycles. The van der Waals surface area contributed by atoms with Crippen molar-refractivity contribution in [3.05, 3.63) is 0 Å². The van der Waals surface area contributed by atoms with Crippen molar-refractivity contribution in [3.63, 3.8) is 0 Å². The summed E-state index contributed by atoms with van der Waals surface area (Å²) in [6.07, 6.45) is -1.93. The van der Waals surface area contributed by atoms with Gasteiger partial charge in [-0.25, -0.2) is 0 Å². The molecule has 0 radical (unpaired) electrons. The van der Waals surface area contributed by atoms with E-state index in [2.05, 4.69) is 3.39 Å². The Morgan fingerprint density at radius 3 is 1.91 bits per heavy atom. The van der Waals surface area contributed by atoms with Crippen LogP contribution in [0.4, 0.5) is 0 Å². The molecular weight excluding hydrogens is 240 g/mol. The van der Waals surface area contributed by atoms with Gasteiger partial charge in [0.2, 0.25) is 0 Å². The van der Waals surface area contributed by atoms with E-state index in [0.717, 1.165) is 13.8 Å². The van der Waals surface area contributed by atoms with E-state index in [0.29, 0.717) is 0 Å². The molecule has 0 aromatic rings. The summed E-state index contributed by atoms with van der Waals surface area (Å²) in [4.78, 5) is 0. The topological polar surface area (TPSA) is 104 Å². The van der Waals surface area contributed by atoms with Gasteiger partial charge in [0.1, 0.15) is 0 Å². The second-order valence-corrected chi connectivity index (χ2v) is 5.11. The first kappa shape index (κ1) is 11.1. The molecule has 0 bridgehead atoms. The Labute approximate surface area is 67.1 Å². The first-order valence-corrected chi connectivity index (χ1v) is 6.04. The standard InChI is InChI=1S/C4H9O3.Mo.H2O.2O/c1-4(2,7)3(5)6;;;;/h3,5,7H,1-2H3;;1H2;;/q-1;+2;;;/p-1. The summed E-state index contributed by atoms with van der Waals surface area (Å²) in [7, 11) is 0. The molecule has 68 valence electrons. The van der Waals surface area contributed by atoms with Crippen molar-refractivity contribution in [1.29, 1.82) is 0 Å². The molecule has 1 atom stereocenters. The Morgan fingerprint density at radius 1 is 1.45 bits per heavy atom. The van der Waals surface area contributed by atoms with E-state index in [9.17, 15) is 6.80 Å². The maximum absolute atomic E-state index is 10.1. The van der Waals surface area contributed by atoms with Gasteiger partial charge in [-0.05, 0) is 0 Å². The normalized spacial score (nSPS) is 16.5. The fourth-order valence-corrected chi connectivity index (χ4v) is 1.38. The van der Waals surface area contributed by atoms with E-state index in [1.54, 1.807) is 0 Å². The zero-order valence-corrected chi connectivity index (χ0v) is 8.06. The molecule has 0 fully saturated rings. The Kier molecular flexibility index (Phi) is 3.28. The molecule has 0 aromatic heterocycles. The van der Waals surface area contributed by atoms with Crippen LogP contribution in [0.15, 0.2) is 0 Å². The van der Waals surface area contributed by atoms with E-state index >= 15 is 0 Å². The average molecular weight is 250 g/mol. The number of hydrogen-bond acceptors (Lipinski definition) is 5. The third-order valence-corrected chi connectivity index (χ3v) is 1.86. The molecular formula is C4H10MoO6. The molecule has 0 aliphatic rings. The minimum atomic E-state index is -5.72. The molecule has 0 amide bonds. The number of hydrogen-bond donors (Lipinski definition) is 3. The van der Waals surface area contributed by atoms with Crippen molar-refractivity contribution >= 4 is 0 Å². The van der Waals surface area contributed by atoms with Crippen LogP contribution in [-0.4, -0.2) is 25.9 Å². The van der Waals surface area contributed by atoms with Crippen LogP contribution in [0.2, 0.25) is 0 Å². The van der Waals surface area contributed by atoms with Crippen molar-refractivity contribution in [1.82, 2.24) is 0 Å². The van der Waals surface area contributed by atoms with E-state index in [1.165, 1.54) is 0 Å². The Morgan fingerprint density at radius 2 is 1.82 bits per heavy atom. The van der Waals surface area contributed by atoms with Gasteiger partial charge in [-0.3, -0.25) is 0 Å². The molecule has 3 N–H and O–H groups in total. The predicted octanol–water partition coefficient (Wildman–Crippen LogP) is -1.24. The van der Waals surface area contributed by atoms with Crippen molar-refractivity contribution in [3.8, 4) is 0 Å². The molecule has 11 heavy (non-hydrogen) atoms. The summed E-state index contributed by atoms with van der Waals surface area (Å²) < 4.78 is 32.0. The maximum atomic E-state index is 10.1. The number of aliphatic hydroxyl groups is 2. The van der Waals surface area contributed by atoms with Gasteiger partial charge in [-0.1, -0.05) is 0 Å². The molecule has 0 aliphatic heterocycles. The minimum absolute atomic E-state index is 1.14. The SMILES string of the molecule is CC(C)(O)C(O)[O][Mo](=[O])(=[O])[OH]. The van der Waals surface area contributed by atoms with Crippen LogP contribution < -0.4 is 0 Å². The molecule has 1 unspecified atom stereocenters. The van der Waals surface area contributed by atoms with Crippen molar-refractivity contribution in [2.75, 3.05) is 0 Å². The molecule has 0 heterocycles. The van der Waals surface area contributed by atoms with E-state index in [4.69, 9.17) is 14.0 Å². The van der Waals surface area contributed by atoms with Crippen LogP contribution in [0.5, 0.6) is 0 Å². The van der Waals surface area contributed by atoms with Gasteiger partial charge in [-0.2, -0.15) is 0 Å². The summed E-state index contributed by atoms with van der Waals surface area (Å²) in [6.45, 7) is 2.29. The Hall–Kier alpha value is 0.128. The van der Waals surface area contributed by atoms with Crippen LogP contribution in [0.1, 0.15) is 13.8 Å². The molecule has 0 saturated carbocycles. The fraction of sp³-hybridized carbons (Fsp3) is 1.00. The number of rotatable bonds is 3. The van der Waals surface area contributed by atoms with Gasteiger partial charge in [0.05, 0.1) is 0 Å². The van der Waals surface area contributed by atoms with Gasteiger partial charge in [0, 0.05) is 0 Å². The van der Waals surface area contributed by atoms with Crippen LogP contribution >= 0.6 is 0 Å². The third kappa shape index (κ3) is 5.40. The van der Waals surface area contributed by atoms with Crippen LogP contribution in [0.3, 0.4) is 0 Å². The number of aliphatic hydroxyl groups excluding tert-OH is 1. The van der Waals surface area contributed by atoms with Crippen LogP contribution in [0, 0.1) is 0 Å². The first-order valence-electron chi connectivity index (χ1n) is 2.69. The summed E-state index contributed by atoms with van der Waals surface area (Å²) in [5, 5.41) is 17.7. The van der Waals surface area contributed by atoms with Crippen LogP contribution in [0.25, 0.3) is 0 Å². The molecule has 0 spiro atoms. The van der Waals surface area contributed by atoms with Gasteiger partial charge < -0.3 is 0 Å². The summed E-state index contributed by atoms with van der Waals surface area (Å²) >= 11 is -5.72. The second-order valence-electron chi connectivity index (χ2n) is 2.53. The molecule has 7 heteroatoms. The van der Waals surface area contributed by atoms with Gasteiger partial charge >= 0.3 is 66.6 Å². The van der Waals surface area contributed by atoms with E-state index in [1.807, 2.05) is 0 Å². The zero-order valence-electron chi connectivity index (χ0n) is 6.05. The monoisotopic (exact) mass is 252 g/mol. The Bertz CT molecular complexity index is 211. The molecule has 6 nitrogen and oxygen atoms in total. The van der Waals surface area contributed by atoms with Crippen LogP contribution in [-0.2, 0) is 26.9 Å². The van der Waals surface area contributed by atoms with Gasteiger partial charge in [-0.15, -0.1) is 0 Å². The first-order chi connectivity index (χ1) is 4.63. The predicted molar refractivity (Wildman–Crippen MR) is 27.0 cm³/mol. The van der Waals surface area contributed by atoms with Crippen molar-refractivity contribution in [2.45, 2.75) is 25.7 Å². The summed E-state index contributed by atoms with van der Waals surface area (Å²) in [6, 6.07) is 0. The Balaban J connectivity index is 4.21. The van der Waals surface area contributed by atoms with Crippen molar-refractivity contribution in [2.24, 2.45) is 0 Å². The van der Waals surface area contributed by atoms with Gasteiger partial charge in [0.25, 0.3) is 0 Å². The summed E-state index contributed by atoms with van der Waals surface area (Å²) in [5.74, 6) is 0. The van der Waals surface area contributed by atoms with Crippen molar-refractivity contribution < 1.29 is 40.9 Å². The third-order valence-electron chi connectivity index (χ3n) is 0.817. The van der Waals surface area contributed by atoms with E-state index in [-0.39, 0.29) is 0 Å². The molecule has 0 aliphatic carbocycles. The fourth-order valence-electron chi connectivity index (χ4n) is 0.233. The molecule has 0 saturated heterocycles.